The molecule has 0 aliphatic carbocycles. The van der Waals surface area contributed by atoms with E-state index in [-0.39, 0.29) is 4.75 Å². The topological polar surface area (TPSA) is 53.9 Å². The van der Waals surface area contributed by atoms with Gasteiger partial charge in [0, 0.05) is 31.4 Å². The van der Waals surface area contributed by atoms with Crippen LogP contribution in [-0.2, 0) is 29.1 Å². The Balaban J connectivity index is 2.14. The van der Waals surface area contributed by atoms with Crippen molar-refractivity contribution < 1.29 is 14.0 Å². The highest BCUT2D eigenvalue weighted by molar-refractivity contribution is 7.91. The number of benzene rings is 1. The second-order valence-corrected chi connectivity index (χ2v) is 8.48. The average Bonchev–Trinajstić information content (AvgIpc) is 2.37. The summed E-state index contributed by atoms with van der Waals surface area (Å²) in [5, 5.41) is 0. The monoisotopic (exact) mass is 309 g/mol. The third kappa shape index (κ3) is 4.22. The van der Waals surface area contributed by atoms with Gasteiger partial charge >= 0.3 is 0 Å². The van der Waals surface area contributed by atoms with Gasteiger partial charge in [-0.05, 0) is 20.8 Å². The lowest BCUT2D eigenvalue weighted by atomic mass is 10.1. The highest BCUT2D eigenvalue weighted by atomic mass is 32.2. The first-order valence-corrected chi connectivity index (χ1v) is 8.18. The van der Waals surface area contributed by atoms with Gasteiger partial charge in [-0.15, -0.1) is 0 Å². The van der Waals surface area contributed by atoms with E-state index >= 15 is 0 Å². The summed E-state index contributed by atoms with van der Waals surface area (Å²) in [5.74, 6) is 0.246. The molecule has 0 saturated carbocycles. The molecule has 1 aromatic carbocycles. The maximum absolute atomic E-state index is 11.9. The lowest BCUT2D eigenvalue weighted by Crippen LogP contribution is -2.35. The fourth-order valence-electron chi connectivity index (χ4n) is 1.93. The fourth-order valence-corrected chi connectivity index (χ4v) is 2.46. The molecule has 2 rings (SSSR count). The zero-order chi connectivity index (χ0) is 15.7. The van der Waals surface area contributed by atoms with Gasteiger partial charge < -0.3 is 14.0 Å². The van der Waals surface area contributed by atoms with Gasteiger partial charge in [0.1, 0.15) is 21.9 Å². The molecule has 4 nitrogen and oxygen atoms in total. The van der Waals surface area contributed by atoms with Crippen LogP contribution in [0.1, 0.15) is 45.7 Å². The molecule has 1 aliphatic rings. The van der Waals surface area contributed by atoms with Crippen molar-refractivity contribution in [1.29, 1.82) is 0 Å². The normalized spacial score (nSPS) is 19.1. The largest absolute Gasteiger partial charge is 0.591 e. The fraction of sp³-hybridized carbons (Fsp3) is 0.562. The molecular weight excluding hydrogens is 286 g/mol. The molecule has 0 unspecified atom stereocenters. The Hall–Kier alpha value is -1.04. The molecule has 0 amide bonds. The molecule has 1 aromatic rings. The van der Waals surface area contributed by atoms with E-state index in [0.29, 0.717) is 13.0 Å². The molecule has 116 valence electrons. The Morgan fingerprint density at radius 2 is 2.10 bits per heavy atom. The van der Waals surface area contributed by atoms with Gasteiger partial charge in [-0.25, -0.2) is 0 Å². The first kappa shape index (κ1) is 16.3. The van der Waals surface area contributed by atoms with E-state index in [1.165, 1.54) is 0 Å². The van der Waals surface area contributed by atoms with Crippen LogP contribution in [0.15, 0.2) is 22.6 Å². The Morgan fingerprint density at radius 1 is 1.38 bits per heavy atom. The SMILES string of the molecule is CC1(C)OCc2cccc(C/C=N/[S@+]([O-])C(C)(C)C)c2O1. The van der Waals surface area contributed by atoms with Gasteiger partial charge in [0.25, 0.3) is 0 Å². The molecule has 0 bridgehead atoms. The number of fused-ring (bicyclic) bond motifs is 1. The number of ether oxygens (including phenoxy) is 2. The number of para-hydroxylation sites is 1. The van der Waals surface area contributed by atoms with E-state index in [1.54, 1.807) is 6.21 Å². The summed E-state index contributed by atoms with van der Waals surface area (Å²) in [6.45, 7) is 10.1. The summed E-state index contributed by atoms with van der Waals surface area (Å²) >= 11 is -1.22. The Kier molecular flexibility index (Phi) is 4.66. The lowest BCUT2D eigenvalue weighted by Gasteiger charge is -2.33. The molecule has 1 atom stereocenters. The summed E-state index contributed by atoms with van der Waals surface area (Å²) in [7, 11) is 0. The summed E-state index contributed by atoms with van der Waals surface area (Å²) in [6.07, 6.45) is 2.31. The van der Waals surface area contributed by atoms with Crippen molar-refractivity contribution >= 4 is 17.6 Å². The predicted octanol–water partition coefficient (Wildman–Crippen LogP) is 3.41. The third-order valence-electron chi connectivity index (χ3n) is 3.11. The van der Waals surface area contributed by atoms with E-state index < -0.39 is 17.1 Å². The average molecular weight is 309 g/mol. The van der Waals surface area contributed by atoms with Crippen LogP contribution >= 0.6 is 0 Å². The Morgan fingerprint density at radius 3 is 2.76 bits per heavy atom. The summed E-state index contributed by atoms with van der Waals surface area (Å²) in [5.41, 5.74) is 2.08. The lowest BCUT2D eigenvalue weighted by molar-refractivity contribution is -0.180. The van der Waals surface area contributed by atoms with Crippen LogP contribution in [0.25, 0.3) is 0 Å². The van der Waals surface area contributed by atoms with Gasteiger partial charge in [-0.3, -0.25) is 0 Å². The Bertz CT molecular complexity index is 535. The van der Waals surface area contributed by atoms with E-state index in [0.717, 1.165) is 16.9 Å². The highest BCUT2D eigenvalue weighted by Crippen LogP contribution is 2.34. The van der Waals surface area contributed by atoms with Crippen LogP contribution in [-0.4, -0.2) is 21.3 Å². The zero-order valence-corrected chi connectivity index (χ0v) is 14.1. The van der Waals surface area contributed by atoms with Gasteiger partial charge in [-0.2, -0.15) is 0 Å². The second-order valence-electron chi connectivity index (χ2n) is 6.55. The summed E-state index contributed by atoms with van der Waals surface area (Å²) in [6, 6.07) is 5.98. The zero-order valence-electron chi connectivity index (χ0n) is 13.3. The molecule has 1 heterocycles. The van der Waals surface area contributed by atoms with Gasteiger partial charge in [0.05, 0.1) is 12.8 Å². The maximum atomic E-state index is 11.9. The summed E-state index contributed by atoms with van der Waals surface area (Å²) < 4.78 is 27.3. The molecule has 0 fully saturated rings. The van der Waals surface area contributed by atoms with Crippen molar-refractivity contribution in [3.05, 3.63) is 29.3 Å². The summed E-state index contributed by atoms with van der Waals surface area (Å²) in [4.78, 5) is 0. The van der Waals surface area contributed by atoms with E-state index in [4.69, 9.17) is 9.47 Å². The van der Waals surface area contributed by atoms with Crippen molar-refractivity contribution in [1.82, 2.24) is 0 Å². The van der Waals surface area contributed by atoms with Crippen molar-refractivity contribution in [3.63, 3.8) is 0 Å². The first-order chi connectivity index (χ1) is 9.69. The van der Waals surface area contributed by atoms with Crippen molar-refractivity contribution in [2.45, 2.75) is 58.2 Å². The number of rotatable bonds is 3. The first-order valence-electron chi connectivity index (χ1n) is 7.07. The minimum atomic E-state index is -1.22. The maximum Gasteiger partial charge on any atom is 0.205 e. The minimum Gasteiger partial charge on any atom is -0.591 e. The van der Waals surface area contributed by atoms with Gasteiger partial charge in [-0.1, -0.05) is 22.6 Å². The molecule has 0 saturated heterocycles. The van der Waals surface area contributed by atoms with Crippen LogP contribution in [0.2, 0.25) is 0 Å². The van der Waals surface area contributed by atoms with Gasteiger partial charge in [0.15, 0.2) is 0 Å². The quantitative estimate of drug-likeness (QED) is 0.635. The van der Waals surface area contributed by atoms with E-state index in [2.05, 4.69) is 4.40 Å². The molecule has 0 aromatic heterocycles. The predicted molar refractivity (Wildman–Crippen MR) is 86.0 cm³/mol. The molecule has 1 aliphatic heterocycles. The van der Waals surface area contributed by atoms with E-state index in [1.807, 2.05) is 52.8 Å². The third-order valence-corrected chi connectivity index (χ3v) is 4.49. The molecule has 0 N–H and O–H groups in total. The smallest absolute Gasteiger partial charge is 0.205 e. The van der Waals surface area contributed by atoms with Crippen LogP contribution in [0.5, 0.6) is 5.75 Å². The second kappa shape index (κ2) is 5.99. The molecule has 0 radical (unpaired) electrons. The van der Waals surface area contributed by atoms with Crippen LogP contribution in [0, 0.1) is 0 Å². The standard InChI is InChI=1S/C16H23NO3S/c1-15(2,3)21(18)17-10-9-12-7-6-8-13-11-19-16(4,5)20-14(12)13/h6-8,10H,9,11H2,1-5H3/b17-10+/t21-/m1/s1. The van der Waals surface area contributed by atoms with Crippen molar-refractivity contribution in [2.24, 2.45) is 4.40 Å². The molecule has 5 heteroatoms. The van der Waals surface area contributed by atoms with E-state index in [9.17, 15) is 4.55 Å². The number of nitrogens with zero attached hydrogens (tertiary/aromatic N) is 1. The molecule has 21 heavy (non-hydrogen) atoms. The van der Waals surface area contributed by atoms with Gasteiger partial charge in [0.2, 0.25) is 5.79 Å². The van der Waals surface area contributed by atoms with Crippen LogP contribution in [0.4, 0.5) is 0 Å². The molecule has 0 spiro atoms. The molecular formula is C16H23NO3S. The number of hydrogen-bond acceptors (Lipinski definition) is 4. The minimum absolute atomic E-state index is 0.334. The van der Waals surface area contributed by atoms with Crippen molar-refractivity contribution in [3.8, 4) is 5.75 Å². The van der Waals surface area contributed by atoms with Crippen LogP contribution in [0.3, 0.4) is 0 Å². The number of hydrogen-bond donors (Lipinski definition) is 0. The van der Waals surface area contributed by atoms with Crippen LogP contribution < -0.4 is 4.74 Å². The van der Waals surface area contributed by atoms with Crippen molar-refractivity contribution in [2.75, 3.05) is 0 Å². The highest BCUT2D eigenvalue weighted by Gasteiger charge is 2.29. The Labute approximate surface area is 129 Å².